The van der Waals surface area contributed by atoms with Gasteiger partial charge in [0.15, 0.2) is 0 Å². The SMILES string of the molecule is C[C@@H](O[C@H]1CC[C@H](CN2CCC(C(C)(C)C)CC2)[C@H]1c1ccc(F)cc1)c1cc(C(F)(F)F)cc(C(F)(F)F)c1. The molecule has 2 aromatic carbocycles. The predicted molar refractivity (Wildman–Crippen MR) is 140 cm³/mol. The summed E-state index contributed by atoms with van der Waals surface area (Å²) in [5.41, 5.74) is -1.77. The standard InChI is InChI=1S/C31H38F7NO/c1-19(22-15-24(30(33,34)35)17-25(16-22)31(36,37)38)40-27-10-7-21(28(27)20-5-8-26(32)9-6-20)18-39-13-11-23(12-14-39)29(2,3)4/h5-6,8-9,15-17,19,21,23,27-28H,7,10-14,18H2,1-4H3/t19-,21-,27+,28-/m1/s1. The number of piperidine rings is 1. The molecule has 0 N–H and O–H groups in total. The number of hydrogen-bond donors (Lipinski definition) is 0. The molecule has 1 saturated heterocycles. The second-order valence-electron chi connectivity index (χ2n) is 12.5. The molecular formula is C31H38F7NO. The van der Waals surface area contributed by atoms with Gasteiger partial charge in [0.1, 0.15) is 5.82 Å². The molecular weight excluding hydrogens is 535 g/mol. The Morgan fingerprint density at radius 1 is 0.825 bits per heavy atom. The number of halogens is 7. The molecule has 0 aromatic heterocycles. The molecule has 9 heteroatoms. The summed E-state index contributed by atoms with van der Waals surface area (Å²) in [7, 11) is 0. The third kappa shape index (κ3) is 7.38. The van der Waals surface area contributed by atoms with Gasteiger partial charge in [-0.15, -0.1) is 0 Å². The Balaban J connectivity index is 1.55. The van der Waals surface area contributed by atoms with Crippen molar-refractivity contribution in [1.82, 2.24) is 4.90 Å². The van der Waals surface area contributed by atoms with E-state index in [4.69, 9.17) is 4.74 Å². The van der Waals surface area contributed by atoms with Crippen LogP contribution in [0.3, 0.4) is 0 Å². The first-order valence-corrected chi connectivity index (χ1v) is 13.9. The van der Waals surface area contributed by atoms with Gasteiger partial charge in [0.25, 0.3) is 0 Å². The Labute approximate surface area is 231 Å². The van der Waals surface area contributed by atoms with Crippen molar-refractivity contribution in [2.45, 2.75) is 83.9 Å². The number of ether oxygens (including phenoxy) is 1. The van der Waals surface area contributed by atoms with Gasteiger partial charge in [-0.1, -0.05) is 32.9 Å². The molecule has 1 heterocycles. The van der Waals surface area contributed by atoms with Crippen LogP contribution < -0.4 is 0 Å². The number of nitrogens with zero attached hydrogens (tertiary/aromatic N) is 1. The van der Waals surface area contributed by atoms with Gasteiger partial charge in [-0.3, -0.25) is 0 Å². The van der Waals surface area contributed by atoms with Gasteiger partial charge in [-0.2, -0.15) is 26.3 Å². The van der Waals surface area contributed by atoms with Crippen LogP contribution in [-0.2, 0) is 17.1 Å². The molecule has 4 rings (SSSR count). The fourth-order valence-corrected chi connectivity index (χ4v) is 6.44. The molecule has 0 unspecified atom stereocenters. The minimum Gasteiger partial charge on any atom is -0.370 e. The molecule has 1 aliphatic carbocycles. The second kappa shape index (κ2) is 11.6. The number of rotatable bonds is 6. The average Bonchev–Trinajstić information content (AvgIpc) is 3.24. The molecule has 0 bridgehead atoms. The van der Waals surface area contributed by atoms with Crippen molar-refractivity contribution in [2.75, 3.05) is 19.6 Å². The molecule has 0 radical (unpaired) electrons. The molecule has 2 aliphatic rings. The third-order valence-corrected chi connectivity index (χ3v) is 8.75. The van der Waals surface area contributed by atoms with E-state index in [1.54, 1.807) is 12.1 Å². The maximum atomic E-state index is 13.8. The lowest BCUT2D eigenvalue weighted by molar-refractivity contribution is -0.143. The van der Waals surface area contributed by atoms with E-state index in [0.29, 0.717) is 12.3 Å². The fraction of sp³-hybridized carbons (Fsp3) is 0.613. The number of benzene rings is 2. The van der Waals surface area contributed by atoms with Crippen molar-refractivity contribution < 1.29 is 35.5 Å². The van der Waals surface area contributed by atoms with Crippen LogP contribution in [0.15, 0.2) is 42.5 Å². The van der Waals surface area contributed by atoms with E-state index in [-0.39, 0.29) is 34.7 Å². The smallest absolute Gasteiger partial charge is 0.370 e. The zero-order valence-corrected chi connectivity index (χ0v) is 23.4. The molecule has 4 atom stereocenters. The molecule has 2 aromatic rings. The average molecular weight is 574 g/mol. The Morgan fingerprint density at radius 3 is 1.88 bits per heavy atom. The Hall–Kier alpha value is -2.13. The van der Waals surface area contributed by atoms with Crippen LogP contribution in [0.5, 0.6) is 0 Å². The molecule has 222 valence electrons. The van der Waals surface area contributed by atoms with Gasteiger partial charge in [-0.25, -0.2) is 4.39 Å². The largest absolute Gasteiger partial charge is 0.416 e. The van der Waals surface area contributed by atoms with Crippen molar-refractivity contribution in [3.63, 3.8) is 0 Å². The third-order valence-electron chi connectivity index (χ3n) is 8.75. The molecule has 1 aliphatic heterocycles. The van der Waals surface area contributed by atoms with E-state index in [1.807, 2.05) is 0 Å². The van der Waals surface area contributed by atoms with Crippen molar-refractivity contribution in [1.29, 1.82) is 0 Å². The van der Waals surface area contributed by atoms with Crippen molar-refractivity contribution in [3.8, 4) is 0 Å². The van der Waals surface area contributed by atoms with E-state index >= 15 is 0 Å². The van der Waals surface area contributed by atoms with Crippen molar-refractivity contribution in [3.05, 3.63) is 70.5 Å². The first-order valence-electron chi connectivity index (χ1n) is 13.9. The maximum absolute atomic E-state index is 13.8. The van der Waals surface area contributed by atoms with Crippen molar-refractivity contribution >= 4 is 0 Å². The lowest BCUT2D eigenvalue weighted by Gasteiger charge is -2.40. The highest BCUT2D eigenvalue weighted by Gasteiger charge is 2.42. The first kappa shape index (κ1) is 30.8. The summed E-state index contributed by atoms with van der Waals surface area (Å²) in [5, 5.41) is 0. The molecule has 2 fully saturated rings. The Kier molecular flexibility index (Phi) is 8.96. The lowest BCUT2D eigenvalue weighted by Crippen LogP contribution is -2.41. The summed E-state index contributed by atoms with van der Waals surface area (Å²) in [6, 6.07) is 7.77. The van der Waals surface area contributed by atoms with Crippen LogP contribution >= 0.6 is 0 Å². The number of hydrogen-bond acceptors (Lipinski definition) is 2. The maximum Gasteiger partial charge on any atom is 0.416 e. The highest BCUT2D eigenvalue weighted by Crippen LogP contribution is 2.45. The van der Waals surface area contributed by atoms with Crippen LogP contribution in [0.25, 0.3) is 0 Å². The topological polar surface area (TPSA) is 12.5 Å². The summed E-state index contributed by atoms with van der Waals surface area (Å²) < 4.78 is 101. The zero-order valence-electron chi connectivity index (χ0n) is 23.4. The lowest BCUT2D eigenvalue weighted by atomic mass is 9.75. The Morgan fingerprint density at radius 2 is 1.38 bits per heavy atom. The molecule has 1 saturated carbocycles. The van der Waals surface area contributed by atoms with Crippen LogP contribution in [0.1, 0.15) is 87.7 Å². The van der Waals surface area contributed by atoms with Gasteiger partial charge in [0.05, 0.1) is 23.3 Å². The van der Waals surface area contributed by atoms with E-state index in [9.17, 15) is 30.7 Å². The van der Waals surface area contributed by atoms with Crippen molar-refractivity contribution in [2.24, 2.45) is 17.3 Å². The fourth-order valence-electron chi connectivity index (χ4n) is 6.44. The van der Waals surface area contributed by atoms with E-state index in [1.165, 1.54) is 19.1 Å². The highest BCUT2D eigenvalue weighted by molar-refractivity contribution is 5.35. The minimum atomic E-state index is -4.93. The van der Waals surface area contributed by atoms with E-state index in [2.05, 4.69) is 25.7 Å². The summed E-state index contributed by atoms with van der Waals surface area (Å²) in [6.45, 7) is 11.0. The normalized spacial score (nSPS) is 24.4. The van der Waals surface area contributed by atoms with E-state index in [0.717, 1.165) is 56.6 Å². The summed E-state index contributed by atoms with van der Waals surface area (Å²) in [4.78, 5) is 2.44. The number of likely N-dealkylation sites (tertiary alicyclic amines) is 1. The van der Waals surface area contributed by atoms with E-state index < -0.39 is 35.7 Å². The van der Waals surface area contributed by atoms with Gasteiger partial charge < -0.3 is 9.64 Å². The predicted octanol–water partition coefficient (Wildman–Crippen LogP) is 9.26. The summed E-state index contributed by atoms with van der Waals surface area (Å²) in [5.74, 6) is 0.278. The number of alkyl halides is 6. The molecule has 0 amide bonds. The molecule has 40 heavy (non-hydrogen) atoms. The van der Waals surface area contributed by atoms with Crippen LogP contribution in [0, 0.1) is 23.1 Å². The van der Waals surface area contributed by atoms with Gasteiger partial charge >= 0.3 is 12.4 Å². The van der Waals surface area contributed by atoms with Crippen LogP contribution in [0.4, 0.5) is 30.7 Å². The summed E-state index contributed by atoms with van der Waals surface area (Å²) in [6.07, 6.45) is -7.66. The van der Waals surface area contributed by atoms with Gasteiger partial charge in [0.2, 0.25) is 0 Å². The van der Waals surface area contributed by atoms with Gasteiger partial charge in [-0.05, 0) is 104 Å². The monoisotopic (exact) mass is 573 g/mol. The molecule has 0 spiro atoms. The Bertz CT molecular complexity index is 1100. The van der Waals surface area contributed by atoms with Crippen LogP contribution in [0.2, 0.25) is 0 Å². The summed E-state index contributed by atoms with van der Waals surface area (Å²) >= 11 is 0. The highest BCUT2D eigenvalue weighted by atomic mass is 19.4. The quantitative estimate of drug-likeness (QED) is 0.320. The first-order chi connectivity index (χ1) is 18.5. The zero-order chi connectivity index (χ0) is 29.5. The molecule has 2 nitrogen and oxygen atoms in total. The minimum absolute atomic E-state index is 0.131. The van der Waals surface area contributed by atoms with Crippen LogP contribution in [-0.4, -0.2) is 30.6 Å². The van der Waals surface area contributed by atoms with Gasteiger partial charge in [0, 0.05) is 12.5 Å². The second-order valence-corrected chi connectivity index (χ2v) is 12.5.